The van der Waals surface area contributed by atoms with Gasteiger partial charge in [0, 0.05) is 31.9 Å². The number of ether oxygens (including phenoxy) is 1. The van der Waals surface area contributed by atoms with Gasteiger partial charge < -0.3 is 15.0 Å². The van der Waals surface area contributed by atoms with Crippen LogP contribution in [0.2, 0.25) is 0 Å². The third-order valence-electron chi connectivity index (χ3n) is 6.63. The molecule has 1 atom stereocenters. The van der Waals surface area contributed by atoms with E-state index < -0.39 is 0 Å². The lowest BCUT2D eigenvalue weighted by molar-refractivity contribution is -0.182. The molecule has 142 valence electrons. The summed E-state index contributed by atoms with van der Waals surface area (Å²) < 4.78 is 6.57. The minimum Gasteiger partial charge on any atom is -0.378 e. The summed E-state index contributed by atoms with van der Waals surface area (Å²) in [6, 6.07) is 7.72. The van der Waals surface area contributed by atoms with Crippen LogP contribution in [0.25, 0.3) is 0 Å². The van der Waals surface area contributed by atoms with Gasteiger partial charge in [0.2, 0.25) is 0 Å². The van der Waals surface area contributed by atoms with Crippen LogP contribution in [-0.2, 0) is 4.74 Å². The van der Waals surface area contributed by atoms with Crippen LogP contribution in [0.15, 0.2) is 24.3 Å². The average molecular weight is 357 g/mol. The number of anilines is 1. The van der Waals surface area contributed by atoms with E-state index in [0.717, 1.165) is 23.4 Å². The number of hydrogen-bond acceptors (Lipinski definition) is 3. The summed E-state index contributed by atoms with van der Waals surface area (Å²) in [5.74, 6) is 2.64. The Labute approximate surface area is 157 Å². The number of benzene rings is 1. The monoisotopic (exact) mass is 356 g/mol. The lowest BCUT2D eigenvalue weighted by Crippen LogP contribution is -2.53. The molecular weight excluding hydrogens is 324 g/mol. The molecule has 0 aliphatic heterocycles. The zero-order valence-electron chi connectivity index (χ0n) is 16.3. The standard InChI is InChI=1S/C22H32N2O2/c1-15(14-23-21(25)19-4-6-20(7-5-19)24(2)3)26-22-11-16-8-17(12-22)10-18(9-16)13-22/h4-7,15-18H,8-14H2,1-3H3,(H,23,25)/t15-,16?,17?,18?,22?/m0/s1. The second-order valence-electron chi connectivity index (χ2n) is 9.18. The highest BCUT2D eigenvalue weighted by atomic mass is 16.5. The Bertz CT molecular complexity index is 617. The van der Waals surface area contributed by atoms with Crippen molar-refractivity contribution < 1.29 is 9.53 Å². The van der Waals surface area contributed by atoms with Gasteiger partial charge in [-0.1, -0.05) is 0 Å². The van der Waals surface area contributed by atoms with Crippen molar-refractivity contribution in [2.75, 3.05) is 25.5 Å². The second kappa shape index (κ2) is 6.88. The van der Waals surface area contributed by atoms with Gasteiger partial charge in [-0.2, -0.15) is 0 Å². The molecule has 1 aromatic rings. The molecule has 4 aliphatic carbocycles. The van der Waals surface area contributed by atoms with Crippen LogP contribution in [0.1, 0.15) is 55.8 Å². The molecule has 1 N–H and O–H groups in total. The minimum atomic E-state index is -0.0173. The van der Waals surface area contributed by atoms with Gasteiger partial charge in [-0.15, -0.1) is 0 Å². The highest BCUT2D eigenvalue weighted by Gasteiger charge is 2.52. The maximum Gasteiger partial charge on any atom is 0.251 e. The molecule has 0 saturated heterocycles. The first-order valence-electron chi connectivity index (χ1n) is 10.2. The van der Waals surface area contributed by atoms with E-state index in [9.17, 15) is 4.79 Å². The molecule has 0 spiro atoms. The Kier molecular flexibility index (Phi) is 4.72. The van der Waals surface area contributed by atoms with Crippen molar-refractivity contribution in [3.8, 4) is 0 Å². The van der Waals surface area contributed by atoms with Crippen LogP contribution in [0, 0.1) is 17.8 Å². The van der Waals surface area contributed by atoms with Crippen molar-refractivity contribution >= 4 is 11.6 Å². The molecule has 4 bridgehead atoms. The van der Waals surface area contributed by atoms with Crippen LogP contribution in [0.3, 0.4) is 0 Å². The largest absolute Gasteiger partial charge is 0.378 e. The zero-order chi connectivity index (χ0) is 18.3. The van der Waals surface area contributed by atoms with E-state index in [1.54, 1.807) is 0 Å². The van der Waals surface area contributed by atoms with E-state index in [4.69, 9.17) is 4.74 Å². The zero-order valence-corrected chi connectivity index (χ0v) is 16.3. The predicted molar refractivity (Wildman–Crippen MR) is 105 cm³/mol. The maximum atomic E-state index is 12.4. The van der Waals surface area contributed by atoms with Crippen LogP contribution in [0.5, 0.6) is 0 Å². The number of hydrogen-bond donors (Lipinski definition) is 1. The highest BCUT2D eigenvalue weighted by Crippen LogP contribution is 2.57. The molecule has 4 saturated carbocycles. The fourth-order valence-corrected chi connectivity index (χ4v) is 5.89. The summed E-state index contributed by atoms with van der Waals surface area (Å²) >= 11 is 0. The van der Waals surface area contributed by atoms with Gasteiger partial charge in [0.05, 0.1) is 11.7 Å². The first kappa shape index (κ1) is 17.8. The lowest BCUT2D eigenvalue weighted by Gasteiger charge is -2.57. The summed E-state index contributed by atoms with van der Waals surface area (Å²) in [6.07, 6.45) is 8.07. The predicted octanol–water partition coefficient (Wildman–Crippen LogP) is 3.86. The average Bonchev–Trinajstić information content (AvgIpc) is 2.58. The van der Waals surface area contributed by atoms with Gasteiger partial charge in [-0.25, -0.2) is 0 Å². The van der Waals surface area contributed by atoms with E-state index in [1.165, 1.54) is 38.5 Å². The van der Waals surface area contributed by atoms with Crippen LogP contribution < -0.4 is 10.2 Å². The van der Waals surface area contributed by atoms with Crippen molar-refractivity contribution in [3.63, 3.8) is 0 Å². The Balaban J connectivity index is 1.30. The Morgan fingerprint density at radius 3 is 2.15 bits per heavy atom. The summed E-state index contributed by atoms with van der Waals surface area (Å²) in [6.45, 7) is 2.68. The Morgan fingerprint density at radius 1 is 1.12 bits per heavy atom. The molecule has 1 amide bonds. The molecule has 4 fully saturated rings. The van der Waals surface area contributed by atoms with E-state index in [2.05, 4.69) is 12.2 Å². The minimum absolute atomic E-state index is 0.0173. The van der Waals surface area contributed by atoms with E-state index in [-0.39, 0.29) is 17.6 Å². The topological polar surface area (TPSA) is 41.6 Å². The van der Waals surface area contributed by atoms with E-state index in [1.807, 2.05) is 43.3 Å². The molecule has 26 heavy (non-hydrogen) atoms. The SMILES string of the molecule is C[C@@H](CNC(=O)c1ccc(N(C)C)cc1)OC12CC3CC(CC(C3)C1)C2. The van der Waals surface area contributed by atoms with Crippen molar-refractivity contribution in [1.29, 1.82) is 0 Å². The molecule has 4 nitrogen and oxygen atoms in total. The highest BCUT2D eigenvalue weighted by molar-refractivity contribution is 5.94. The van der Waals surface area contributed by atoms with Gasteiger partial charge in [0.15, 0.2) is 0 Å². The molecule has 0 heterocycles. The maximum absolute atomic E-state index is 12.4. The molecule has 0 radical (unpaired) electrons. The Hall–Kier alpha value is -1.55. The summed E-state index contributed by atoms with van der Waals surface area (Å²) in [5.41, 5.74) is 1.91. The van der Waals surface area contributed by atoms with Crippen molar-refractivity contribution in [2.45, 2.75) is 57.2 Å². The van der Waals surface area contributed by atoms with Crippen LogP contribution in [-0.4, -0.2) is 38.3 Å². The van der Waals surface area contributed by atoms with Gasteiger partial charge in [0.25, 0.3) is 5.91 Å². The van der Waals surface area contributed by atoms with Crippen LogP contribution >= 0.6 is 0 Å². The van der Waals surface area contributed by atoms with Crippen molar-refractivity contribution in [2.24, 2.45) is 17.8 Å². The lowest BCUT2D eigenvalue weighted by atomic mass is 9.54. The first-order chi connectivity index (χ1) is 12.4. The summed E-state index contributed by atoms with van der Waals surface area (Å²) in [7, 11) is 4.00. The number of carbonyl (C=O) groups is 1. The number of rotatable bonds is 6. The Morgan fingerprint density at radius 2 is 1.65 bits per heavy atom. The first-order valence-corrected chi connectivity index (χ1v) is 10.2. The smallest absolute Gasteiger partial charge is 0.251 e. The molecule has 5 rings (SSSR count). The number of amides is 1. The van der Waals surface area contributed by atoms with Crippen molar-refractivity contribution in [1.82, 2.24) is 5.32 Å². The molecule has 4 heteroatoms. The van der Waals surface area contributed by atoms with Gasteiger partial charge >= 0.3 is 0 Å². The molecule has 0 aromatic heterocycles. The third kappa shape index (κ3) is 3.62. The number of carbonyl (C=O) groups excluding carboxylic acids is 1. The third-order valence-corrected chi connectivity index (χ3v) is 6.63. The van der Waals surface area contributed by atoms with Gasteiger partial charge in [-0.3, -0.25) is 4.79 Å². The second-order valence-corrected chi connectivity index (χ2v) is 9.18. The van der Waals surface area contributed by atoms with Crippen molar-refractivity contribution in [3.05, 3.63) is 29.8 Å². The molecule has 1 aromatic carbocycles. The summed E-state index contributed by atoms with van der Waals surface area (Å²) in [5, 5.41) is 3.05. The number of nitrogens with zero attached hydrogens (tertiary/aromatic N) is 1. The number of nitrogens with one attached hydrogen (secondary N) is 1. The fourth-order valence-electron chi connectivity index (χ4n) is 5.89. The quantitative estimate of drug-likeness (QED) is 0.842. The normalized spacial score (nSPS) is 33.1. The van der Waals surface area contributed by atoms with Gasteiger partial charge in [-0.05, 0) is 87.5 Å². The fraction of sp³-hybridized carbons (Fsp3) is 0.682. The molecule has 4 aliphatic rings. The molecular formula is C22H32N2O2. The van der Waals surface area contributed by atoms with Gasteiger partial charge in [0.1, 0.15) is 0 Å². The summed E-state index contributed by atoms with van der Waals surface area (Å²) in [4.78, 5) is 14.4. The van der Waals surface area contributed by atoms with E-state index in [0.29, 0.717) is 12.1 Å². The molecule has 0 unspecified atom stereocenters. The van der Waals surface area contributed by atoms with E-state index >= 15 is 0 Å². The van der Waals surface area contributed by atoms with Crippen LogP contribution in [0.4, 0.5) is 5.69 Å².